The quantitative estimate of drug-likeness (QED) is 0.605. The zero-order chi connectivity index (χ0) is 18.5. The van der Waals surface area contributed by atoms with Gasteiger partial charge in [0, 0.05) is 12.0 Å². The molecule has 0 saturated carbocycles. The first-order valence-electron chi connectivity index (χ1n) is 8.40. The Hall–Kier alpha value is -2.97. The van der Waals surface area contributed by atoms with Crippen molar-refractivity contribution in [1.82, 2.24) is 30.3 Å². The van der Waals surface area contributed by atoms with Crippen LogP contribution in [-0.4, -0.2) is 44.6 Å². The molecule has 0 spiro atoms. The van der Waals surface area contributed by atoms with Crippen molar-refractivity contribution >= 4 is 0 Å². The standard InChI is InChI=1S/C17H22N6O3/c1-11(2)5-8-15-18-16(26-21-15)10-23-20-17(19-22-23)12-6-7-13(24-3)14(9-12)25-4/h6-7,9,11H,5,8,10H2,1-4H3. The molecule has 9 heteroatoms. The first kappa shape index (κ1) is 17.8. The molecular weight excluding hydrogens is 336 g/mol. The Labute approximate surface area is 151 Å². The summed E-state index contributed by atoms with van der Waals surface area (Å²) in [5.74, 6) is 3.48. The first-order valence-corrected chi connectivity index (χ1v) is 8.40. The van der Waals surface area contributed by atoms with E-state index in [1.165, 1.54) is 4.80 Å². The van der Waals surface area contributed by atoms with Crippen molar-refractivity contribution in [3.8, 4) is 22.9 Å². The molecule has 26 heavy (non-hydrogen) atoms. The lowest BCUT2D eigenvalue weighted by atomic mass is 10.1. The van der Waals surface area contributed by atoms with E-state index >= 15 is 0 Å². The minimum absolute atomic E-state index is 0.273. The zero-order valence-corrected chi connectivity index (χ0v) is 15.3. The van der Waals surface area contributed by atoms with Crippen LogP contribution < -0.4 is 9.47 Å². The summed E-state index contributed by atoms with van der Waals surface area (Å²) in [6.45, 7) is 4.60. The van der Waals surface area contributed by atoms with E-state index in [-0.39, 0.29) is 6.54 Å². The maximum absolute atomic E-state index is 5.30. The number of methoxy groups -OCH3 is 2. The molecule has 3 rings (SSSR count). The topological polar surface area (TPSA) is 101 Å². The Morgan fingerprint density at radius 3 is 2.69 bits per heavy atom. The normalized spacial score (nSPS) is 11.1. The summed E-state index contributed by atoms with van der Waals surface area (Å²) >= 11 is 0. The van der Waals surface area contributed by atoms with Crippen LogP contribution in [0.5, 0.6) is 11.5 Å². The number of hydrogen-bond donors (Lipinski definition) is 0. The van der Waals surface area contributed by atoms with E-state index in [0.717, 1.165) is 18.4 Å². The van der Waals surface area contributed by atoms with Gasteiger partial charge in [0.15, 0.2) is 17.3 Å². The smallest absolute Gasteiger partial charge is 0.250 e. The first-order chi connectivity index (χ1) is 12.6. The maximum atomic E-state index is 5.30. The SMILES string of the molecule is COc1ccc(-c2nnn(Cc3nc(CCC(C)C)no3)n2)cc1OC. The van der Waals surface area contributed by atoms with Crippen LogP contribution in [-0.2, 0) is 13.0 Å². The summed E-state index contributed by atoms with van der Waals surface area (Å²) in [7, 11) is 3.17. The molecule has 0 atom stereocenters. The minimum atomic E-state index is 0.273. The molecule has 2 heterocycles. The maximum Gasteiger partial charge on any atom is 0.250 e. The average molecular weight is 358 g/mol. The highest BCUT2D eigenvalue weighted by atomic mass is 16.5. The van der Waals surface area contributed by atoms with Crippen molar-refractivity contribution in [1.29, 1.82) is 0 Å². The predicted octanol–water partition coefficient (Wildman–Crippen LogP) is 2.38. The molecule has 0 aliphatic carbocycles. The molecule has 3 aromatic rings. The third-order valence-electron chi connectivity index (χ3n) is 3.83. The molecular formula is C17H22N6O3. The van der Waals surface area contributed by atoms with Gasteiger partial charge < -0.3 is 14.0 Å². The number of aryl methyl sites for hydroxylation is 1. The summed E-state index contributed by atoms with van der Waals surface area (Å²) in [5, 5.41) is 16.5. The lowest BCUT2D eigenvalue weighted by molar-refractivity contribution is 0.351. The van der Waals surface area contributed by atoms with Gasteiger partial charge in [0.25, 0.3) is 0 Å². The number of rotatable bonds is 8. The Bertz CT molecular complexity index is 858. The number of ether oxygens (including phenoxy) is 2. The van der Waals surface area contributed by atoms with Gasteiger partial charge in [0.2, 0.25) is 11.7 Å². The second-order valence-corrected chi connectivity index (χ2v) is 6.25. The van der Waals surface area contributed by atoms with Gasteiger partial charge in [-0.1, -0.05) is 19.0 Å². The lowest BCUT2D eigenvalue weighted by Crippen LogP contribution is -2.04. The van der Waals surface area contributed by atoms with Crippen LogP contribution in [0.4, 0.5) is 0 Å². The van der Waals surface area contributed by atoms with Crippen molar-refractivity contribution < 1.29 is 14.0 Å². The highest BCUT2D eigenvalue weighted by Crippen LogP contribution is 2.30. The fraction of sp³-hybridized carbons (Fsp3) is 0.471. The van der Waals surface area contributed by atoms with Crippen LogP contribution in [0, 0.1) is 5.92 Å². The van der Waals surface area contributed by atoms with E-state index in [1.807, 2.05) is 6.07 Å². The highest BCUT2D eigenvalue weighted by molar-refractivity contribution is 5.60. The molecule has 0 fully saturated rings. The molecule has 0 aliphatic heterocycles. The minimum Gasteiger partial charge on any atom is -0.493 e. The molecule has 0 N–H and O–H groups in total. The predicted molar refractivity (Wildman–Crippen MR) is 92.9 cm³/mol. The Balaban J connectivity index is 1.70. The average Bonchev–Trinajstić information content (AvgIpc) is 3.29. The Morgan fingerprint density at radius 1 is 1.15 bits per heavy atom. The second kappa shape index (κ2) is 7.94. The van der Waals surface area contributed by atoms with Crippen molar-refractivity contribution in [3.05, 3.63) is 29.9 Å². The third-order valence-corrected chi connectivity index (χ3v) is 3.83. The molecule has 0 bridgehead atoms. The van der Waals surface area contributed by atoms with Gasteiger partial charge in [0.1, 0.15) is 6.54 Å². The summed E-state index contributed by atoms with van der Waals surface area (Å²) in [4.78, 5) is 5.79. The number of hydrogen-bond acceptors (Lipinski definition) is 8. The molecule has 0 aliphatic rings. The van der Waals surface area contributed by atoms with Crippen molar-refractivity contribution in [2.24, 2.45) is 5.92 Å². The van der Waals surface area contributed by atoms with Gasteiger partial charge in [0.05, 0.1) is 14.2 Å². The third kappa shape index (κ3) is 4.16. The molecule has 9 nitrogen and oxygen atoms in total. The van der Waals surface area contributed by atoms with Crippen LogP contribution in [0.15, 0.2) is 22.7 Å². The zero-order valence-electron chi connectivity index (χ0n) is 15.3. The fourth-order valence-electron chi connectivity index (χ4n) is 2.40. The van der Waals surface area contributed by atoms with E-state index < -0.39 is 0 Å². The Kier molecular flexibility index (Phi) is 5.45. The summed E-state index contributed by atoms with van der Waals surface area (Å²) < 4.78 is 15.8. The van der Waals surface area contributed by atoms with Crippen molar-refractivity contribution in [3.63, 3.8) is 0 Å². The largest absolute Gasteiger partial charge is 0.493 e. The summed E-state index contributed by atoms with van der Waals surface area (Å²) in [6.07, 6.45) is 1.81. The molecule has 0 saturated heterocycles. The number of benzene rings is 1. The van der Waals surface area contributed by atoms with Crippen LogP contribution in [0.1, 0.15) is 32.0 Å². The van der Waals surface area contributed by atoms with Gasteiger partial charge in [-0.25, -0.2) is 0 Å². The van der Waals surface area contributed by atoms with Gasteiger partial charge in [-0.3, -0.25) is 0 Å². The van der Waals surface area contributed by atoms with Crippen LogP contribution >= 0.6 is 0 Å². The number of aromatic nitrogens is 6. The van der Waals surface area contributed by atoms with Crippen molar-refractivity contribution in [2.75, 3.05) is 14.2 Å². The second-order valence-electron chi connectivity index (χ2n) is 6.25. The van der Waals surface area contributed by atoms with Crippen LogP contribution in [0.3, 0.4) is 0 Å². The molecule has 2 aromatic heterocycles. The summed E-state index contributed by atoms with van der Waals surface area (Å²) in [6, 6.07) is 5.45. The monoisotopic (exact) mass is 358 g/mol. The van der Waals surface area contributed by atoms with E-state index in [2.05, 4.69) is 39.4 Å². The van der Waals surface area contributed by atoms with Crippen LogP contribution in [0.2, 0.25) is 0 Å². The number of nitrogens with zero attached hydrogens (tertiary/aromatic N) is 6. The van der Waals surface area contributed by atoms with Gasteiger partial charge in [-0.15, -0.1) is 10.2 Å². The van der Waals surface area contributed by atoms with Gasteiger partial charge in [-0.05, 0) is 35.8 Å². The Morgan fingerprint density at radius 2 is 1.96 bits per heavy atom. The fourth-order valence-corrected chi connectivity index (χ4v) is 2.40. The number of tetrazole rings is 1. The van der Waals surface area contributed by atoms with E-state index in [9.17, 15) is 0 Å². The highest BCUT2D eigenvalue weighted by Gasteiger charge is 2.13. The van der Waals surface area contributed by atoms with E-state index in [0.29, 0.717) is 35.0 Å². The lowest BCUT2D eigenvalue weighted by Gasteiger charge is -2.07. The van der Waals surface area contributed by atoms with E-state index in [4.69, 9.17) is 14.0 Å². The van der Waals surface area contributed by atoms with Gasteiger partial charge in [-0.2, -0.15) is 9.78 Å². The van der Waals surface area contributed by atoms with Gasteiger partial charge >= 0.3 is 0 Å². The molecule has 1 aromatic carbocycles. The van der Waals surface area contributed by atoms with Crippen molar-refractivity contribution in [2.45, 2.75) is 33.2 Å². The molecule has 138 valence electrons. The van der Waals surface area contributed by atoms with Crippen LogP contribution in [0.25, 0.3) is 11.4 Å². The molecule has 0 radical (unpaired) electrons. The summed E-state index contributed by atoms with van der Waals surface area (Å²) in [5.41, 5.74) is 0.775. The molecule has 0 unspecified atom stereocenters. The molecule has 0 amide bonds. The van der Waals surface area contributed by atoms with E-state index in [1.54, 1.807) is 26.4 Å².